The van der Waals surface area contributed by atoms with Crippen LogP contribution in [-0.4, -0.2) is 29.3 Å². The molecule has 6 heteroatoms. The summed E-state index contributed by atoms with van der Waals surface area (Å²) in [5.74, 6) is -2.09. The van der Waals surface area contributed by atoms with Crippen molar-refractivity contribution in [2.75, 3.05) is 0 Å². The molecule has 1 N–H and O–H groups in total. The van der Waals surface area contributed by atoms with E-state index < -0.39 is 24.2 Å². The van der Waals surface area contributed by atoms with Crippen LogP contribution in [0, 0.1) is 0 Å². The highest BCUT2D eigenvalue weighted by Gasteiger charge is 2.15. The van der Waals surface area contributed by atoms with E-state index in [1.807, 2.05) is 0 Å². The molecular formula is C9H14O6. The molecule has 86 valence electrons. The van der Waals surface area contributed by atoms with Crippen molar-refractivity contribution in [1.82, 2.24) is 0 Å². The van der Waals surface area contributed by atoms with E-state index in [0.717, 1.165) is 0 Å². The van der Waals surface area contributed by atoms with Gasteiger partial charge in [0.2, 0.25) is 6.29 Å². The second kappa shape index (κ2) is 6.80. The van der Waals surface area contributed by atoms with Gasteiger partial charge in [-0.3, -0.25) is 14.4 Å². The molecule has 0 heterocycles. The number of aliphatic carboxylic acids is 1. The summed E-state index contributed by atoms with van der Waals surface area (Å²) in [5.41, 5.74) is 0. The fraction of sp³-hybridized carbons (Fsp3) is 0.667. The molecular weight excluding hydrogens is 204 g/mol. The molecule has 0 fully saturated rings. The Bertz CT molecular complexity index is 231. The molecule has 0 saturated heterocycles. The van der Waals surface area contributed by atoms with Crippen LogP contribution in [0.2, 0.25) is 0 Å². The molecule has 0 aromatic carbocycles. The predicted molar refractivity (Wildman–Crippen MR) is 48.8 cm³/mol. The van der Waals surface area contributed by atoms with Crippen molar-refractivity contribution in [2.24, 2.45) is 0 Å². The summed E-state index contributed by atoms with van der Waals surface area (Å²) < 4.78 is 9.34. The Hall–Kier alpha value is -1.59. The predicted octanol–water partition coefficient (Wildman–Crippen LogP) is 0.694. The first-order valence-electron chi connectivity index (χ1n) is 4.48. The van der Waals surface area contributed by atoms with Gasteiger partial charge in [0.05, 0.1) is 0 Å². The van der Waals surface area contributed by atoms with Crippen molar-refractivity contribution in [3.05, 3.63) is 0 Å². The second-order valence-electron chi connectivity index (χ2n) is 2.93. The molecule has 0 aromatic rings. The minimum atomic E-state index is -0.987. The lowest BCUT2D eigenvalue weighted by molar-refractivity contribution is -0.185. The highest BCUT2D eigenvalue weighted by molar-refractivity contribution is 5.68. The van der Waals surface area contributed by atoms with Gasteiger partial charge in [-0.05, 0) is 6.42 Å². The average Bonchev–Trinajstić information content (AvgIpc) is 2.00. The zero-order valence-corrected chi connectivity index (χ0v) is 8.69. The summed E-state index contributed by atoms with van der Waals surface area (Å²) in [6.07, 6.45) is -0.579. The molecule has 0 bridgehead atoms. The summed E-state index contributed by atoms with van der Waals surface area (Å²) in [6, 6.07) is 0. The lowest BCUT2D eigenvalue weighted by Gasteiger charge is -2.15. The Kier molecular flexibility index (Phi) is 6.08. The molecule has 6 nitrogen and oxygen atoms in total. The monoisotopic (exact) mass is 218 g/mol. The van der Waals surface area contributed by atoms with Gasteiger partial charge >= 0.3 is 17.9 Å². The lowest BCUT2D eigenvalue weighted by atomic mass is 10.2. The van der Waals surface area contributed by atoms with Crippen LogP contribution in [0.15, 0.2) is 0 Å². The number of rotatable bonds is 6. The first-order valence-corrected chi connectivity index (χ1v) is 4.48. The number of carbonyl (C=O) groups excluding carboxylic acids is 2. The normalized spacial score (nSPS) is 9.80. The van der Waals surface area contributed by atoms with Gasteiger partial charge in [-0.15, -0.1) is 0 Å². The van der Waals surface area contributed by atoms with E-state index in [1.54, 1.807) is 0 Å². The quantitative estimate of drug-likeness (QED) is 0.521. The molecule has 0 unspecified atom stereocenters. The third-order valence-corrected chi connectivity index (χ3v) is 1.43. The Morgan fingerprint density at radius 3 is 1.93 bits per heavy atom. The maximum Gasteiger partial charge on any atom is 0.305 e. The molecule has 0 atom stereocenters. The van der Waals surface area contributed by atoms with Crippen LogP contribution in [0.1, 0.15) is 33.1 Å². The molecule has 0 rings (SSSR count). The fourth-order valence-corrected chi connectivity index (χ4v) is 0.932. The Balaban J connectivity index is 3.94. The first kappa shape index (κ1) is 13.4. The van der Waals surface area contributed by atoms with Crippen LogP contribution in [0.3, 0.4) is 0 Å². The van der Waals surface area contributed by atoms with Gasteiger partial charge in [0.25, 0.3) is 0 Å². The first-order chi connectivity index (χ1) is 6.91. The summed E-state index contributed by atoms with van der Waals surface area (Å²) in [4.78, 5) is 31.4. The van der Waals surface area contributed by atoms with Crippen LogP contribution >= 0.6 is 0 Å². The third kappa shape index (κ3) is 8.73. The number of carbonyl (C=O) groups is 3. The van der Waals surface area contributed by atoms with Gasteiger partial charge in [-0.2, -0.15) is 0 Å². The van der Waals surface area contributed by atoms with Crippen LogP contribution in [0.25, 0.3) is 0 Å². The van der Waals surface area contributed by atoms with Gasteiger partial charge in [-0.1, -0.05) is 0 Å². The van der Waals surface area contributed by atoms with Crippen LogP contribution in [-0.2, 0) is 23.9 Å². The van der Waals surface area contributed by atoms with Gasteiger partial charge in [0.1, 0.15) is 0 Å². The molecule has 0 aromatic heterocycles. The van der Waals surface area contributed by atoms with Crippen molar-refractivity contribution >= 4 is 17.9 Å². The van der Waals surface area contributed by atoms with E-state index in [4.69, 9.17) is 5.11 Å². The van der Waals surface area contributed by atoms with Gasteiger partial charge in [0.15, 0.2) is 0 Å². The van der Waals surface area contributed by atoms with Crippen LogP contribution < -0.4 is 0 Å². The molecule has 0 aliphatic carbocycles. The zero-order valence-electron chi connectivity index (χ0n) is 8.69. The van der Waals surface area contributed by atoms with Gasteiger partial charge < -0.3 is 14.6 Å². The van der Waals surface area contributed by atoms with Gasteiger partial charge in [0, 0.05) is 26.7 Å². The topological polar surface area (TPSA) is 89.9 Å². The summed E-state index contributed by atoms with van der Waals surface area (Å²) in [7, 11) is 0. The van der Waals surface area contributed by atoms with E-state index in [0.29, 0.717) is 0 Å². The number of carboxylic acid groups (broad SMARTS) is 1. The van der Waals surface area contributed by atoms with Crippen molar-refractivity contribution < 1.29 is 29.0 Å². The molecule has 0 aliphatic rings. The molecule has 15 heavy (non-hydrogen) atoms. The van der Waals surface area contributed by atoms with Crippen molar-refractivity contribution in [2.45, 2.75) is 39.4 Å². The van der Waals surface area contributed by atoms with E-state index in [9.17, 15) is 14.4 Å². The Morgan fingerprint density at radius 1 is 1.13 bits per heavy atom. The smallest absolute Gasteiger partial charge is 0.305 e. The minimum Gasteiger partial charge on any atom is -0.481 e. The van der Waals surface area contributed by atoms with E-state index in [2.05, 4.69) is 9.47 Å². The van der Waals surface area contributed by atoms with Gasteiger partial charge in [-0.25, -0.2) is 0 Å². The largest absolute Gasteiger partial charge is 0.481 e. The second-order valence-corrected chi connectivity index (χ2v) is 2.93. The zero-order chi connectivity index (χ0) is 11.8. The lowest BCUT2D eigenvalue weighted by Crippen LogP contribution is -2.22. The van der Waals surface area contributed by atoms with Crippen molar-refractivity contribution in [1.29, 1.82) is 0 Å². The maximum absolute atomic E-state index is 10.6. The minimum absolute atomic E-state index is 0.0565. The molecule has 0 saturated carbocycles. The highest BCUT2D eigenvalue weighted by atomic mass is 16.7. The third-order valence-electron chi connectivity index (χ3n) is 1.43. The SMILES string of the molecule is CC(=O)OC(CCCC(=O)O)OC(C)=O. The summed E-state index contributed by atoms with van der Waals surface area (Å²) in [6.45, 7) is 2.38. The fourth-order valence-electron chi connectivity index (χ4n) is 0.932. The Morgan fingerprint density at radius 2 is 1.60 bits per heavy atom. The molecule has 0 radical (unpaired) electrons. The number of carboxylic acids is 1. The van der Waals surface area contributed by atoms with E-state index >= 15 is 0 Å². The number of hydrogen-bond acceptors (Lipinski definition) is 5. The summed E-state index contributed by atoms with van der Waals surface area (Å²) >= 11 is 0. The highest BCUT2D eigenvalue weighted by Crippen LogP contribution is 2.07. The molecule has 0 aliphatic heterocycles. The Labute approximate surface area is 87.2 Å². The standard InChI is InChI=1S/C9H14O6/c1-6(10)14-9(15-7(2)11)5-3-4-8(12)13/h9H,3-5H2,1-2H3,(H,12,13). The van der Waals surface area contributed by atoms with E-state index in [-0.39, 0.29) is 19.3 Å². The summed E-state index contributed by atoms with van der Waals surface area (Å²) in [5, 5.41) is 8.37. The number of ether oxygens (including phenoxy) is 2. The van der Waals surface area contributed by atoms with Crippen molar-refractivity contribution in [3.63, 3.8) is 0 Å². The van der Waals surface area contributed by atoms with Crippen molar-refractivity contribution in [3.8, 4) is 0 Å². The van der Waals surface area contributed by atoms with Crippen LogP contribution in [0.5, 0.6) is 0 Å². The maximum atomic E-state index is 10.6. The van der Waals surface area contributed by atoms with Crippen LogP contribution in [0.4, 0.5) is 0 Å². The average molecular weight is 218 g/mol. The number of esters is 2. The number of hydrogen-bond donors (Lipinski definition) is 1. The molecule has 0 spiro atoms. The van der Waals surface area contributed by atoms with E-state index in [1.165, 1.54) is 13.8 Å². The molecule has 0 amide bonds.